The highest BCUT2D eigenvalue weighted by molar-refractivity contribution is 5.84. The molecule has 21 heavy (non-hydrogen) atoms. The lowest BCUT2D eigenvalue weighted by molar-refractivity contribution is -0.220. The SMILES string of the molecule is O=C(Nc1ccccc1)O[C@@H](C1CCCCC1)C(F)(F)F. The van der Waals surface area contributed by atoms with E-state index in [2.05, 4.69) is 10.1 Å². The van der Waals surface area contributed by atoms with Crippen LogP contribution < -0.4 is 5.32 Å². The van der Waals surface area contributed by atoms with Crippen LogP contribution in [0.25, 0.3) is 0 Å². The minimum atomic E-state index is -4.53. The van der Waals surface area contributed by atoms with Gasteiger partial charge in [-0.25, -0.2) is 4.79 Å². The Morgan fingerprint density at radius 2 is 1.76 bits per heavy atom. The van der Waals surface area contributed by atoms with Gasteiger partial charge < -0.3 is 4.74 Å². The van der Waals surface area contributed by atoms with Gasteiger partial charge in [0.15, 0.2) is 0 Å². The van der Waals surface area contributed by atoms with Gasteiger partial charge in [-0.2, -0.15) is 13.2 Å². The Balaban J connectivity index is 1.99. The van der Waals surface area contributed by atoms with Gasteiger partial charge in [-0.3, -0.25) is 5.32 Å². The minimum Gasteiger partial charge on any atom is -0.436 e. The molecule has 1 saturated carbocycles. The van der Waals surface area contributed by atoms with E-state index >= 15 is 0 Å². The molecule has 1 atom stereocenters. The first-order chi connectivity index (χ1) is 9.97. The zero-order valence-corrected chi connectivity index (χ0v) is 11.5. The van der Waals surface area contributed by atoms with E-state index in [1.807, 2.05) is 0 Å². The molecule has 0 spiro atoms. The lowest BCUT2D eigenvalue weighted by Crippen LogP contribution is -2.42. The van der Waals surface area contributed by atoms with Gasteiger partial charge >= 0.3 is 12.3 Å². The van der Waals surface area contributed by atoms with Crippen molar-refractivity contribution >= 4 is 11.8 Å². The molecule has 1 amide bonds. The summed E-state index contributed by atoms with van der Waals surface area (Å²) in [5.74, 6) is -0.639. The van der Waals surface area contributed by atoms with Crippen LogP contribution in [0.3, 0.4) is 0 Å². The van der Waals surface area contributed by atoms with Gasteiger partial charge in [0.05, 0.1) is 0 Å². The fourth-order valence-electron chi connectivity index (χ4n) is 2.65. The molecule has 1 aromatic rings. The van der Waals surface area contributed by atoms with Crippen molar-refractivity contribution < 1.29 is 22.7 Å². The number of nitrogens with one attached hydrogen (secondary N) is 1. The van der Waals surface area contributed by atoms with Gasteiger partial charge in [-0.15, -0.1) is 0 Å². The van der Waals surface area contributed by atoms with Crippen molar-refractivity contribution in [2.75, 3.05) is 5.32 Å². The van der Waals surface area contributed by atoms with Crippen molar-refractivity contribution in [3.8, 4) is 0 Å². The molecule has 6 heteroatoms. The molecular weight excluding hydrogens is 283 g/mol. The quantitative estimate of drug-likeness (QED) is 0.875. The van der Waals surface area contributed by atoms with E-state index in [4.69, 9.17) is 0 Å². The number of anilines is 1. The van der Waals surface area contributed by atoms with E-state index in [0.29, 0.717) is 18.5 Å². The molecule has 0 unspecified atom stereocenters. The third-order valence-corrected chi connectivity index (χ3v) is 3.65. The highest BCUT2D eigenvalue weighted by Gasteiger charge is 2.47. The predicted molar refractivity (Wildman–Crippen MR) is 73.0 cm³/mol. The van der Waals surface area contributed by atoms with Gasteiger partial charge in [0, 0.05) is 11.6 Å². The second kappa shape index (κ2) is 6.83. The topological polar surface area (TPSA) is 38.3 Å². The number of carbonyl (C=O) groups is 1. The lowest BCUT2D eigenvalue weighted by Gasteiger charge is -2.31. The maximum atomic E-state index is 13.1. The zero-order chi connectivity index (χ0) is 15.3. The molecule has 0 aliphatic heterocycles. The molecule has 0 bridgehead atoms. The average molecular weight is 301 g/mol. The van der Waals surface area contributed by atoms with Crippen LogP contribution >= 0.6 is 0 Å². The molecule has 116 valence electrons. The van der Waals surface area contributed by atoms with E-state index in [-0.39, 0.29) is 0 Å². The van der Waals surface area contributed by atoms with Gasteiger partial charge in [0.25, 0.3) is 0 Å². The number of hydrogen-bond donors (Lipinski definition) is 1. The monoisotopic (exact) mass is 301 g/mol. The normalized spacial score (nSPS) is 18.0. The van der Waals surface area contributed by atoms with E-state index in [9.17, 15) is 18.0 Å². The number of para-hydroxylation sites is 1. The molecule has 1 aromatic carbocycles. The summed E-state index contributed by atoms with van der Waals surface area (Å²) in [5, 5.41) is 2.32. The summed E-state index contributed by atoms with van der Waals surface area (Å²) in [4.78, 5) is 11.7. The molecule has 0 saturated heterocycles. The number of rotatable bonds is 3. The standard InChI is InChI=1S/C15H18F3NO2/c16-15(17,18)13(11-7-3-1-4-8-11)21-14(20)19-12-9-5-2-6-10-12/h2,5-6,9-11,13H,1,3-4,7-8H2,(H,19,20)/t13-/m0/s1. The number of ether oxygens (including phenoxy) is 1. The second-order valence-corrected chi connectivity index (χ2v) is 5.26. The number of halogens is 3. The van der Waals surface area contributed by atoms with Crippen LogP contribution in [0.5, 0.6) is 0 Å². The first kappa shape index (κ1) is 15.7. The molecule has 3 nitrogen and oxygen atoms in total. The second-order valence-electron chi connectivity index (χ2n) is 5.26. The lowest BCUT2D eigenvalue weighted by atomic mass is 9.85. The number of benzene rings is 1. The molecule has 1 aliphatic rings. The fraction of sp³-hybridized carbons (Fsp3) is 0.533. The maximum absolute atomic E-state index is 13.1. The van der Waals surface area contributed by atoms with Crippen molar-refractivity contribution in [3.63, 3.8) is 0 Å². The molecule has 2 rings (SSSR count). The summed E-state index contributed by atoms with van der Waals surface area (Å²) in [6, 6.07) is 8.28. The highest BCUT2D eigenvalue weighted by atomic mass is 19.4. The van der Waals surface area contributed by atoms with Gasteiger partial charge in [0.2, 0.25) is 6.10 Å². The van der Waals surface area contributed by atoms with E-state index < -0.39 is 24.3 Å². The van der Waals surface area contributed by atoms with Crippen molar-refractivity contribution in [1.82, 2.24) is 0 Å². The molecule has 0 aromatic heterocycles. The highest BCUT2D eigenvalue weighted by Crippen LogP contribution is 2.36. The van der Waals surface area contributed by atoms with Crippen LogP contribution in [-0.4, -0.2) is 18.4 Å². The largest absolute Gasteiger partial charge is 0.436 e. The van der Waals surface area contributed by atoms with Crippen LogP contribution in [0, 0.1) is 5.92 Å². The summed E-state index contributed by atoms with van der Waals surface area (Å²) in [7, 11) is 0. The first-order valence-corrected chi connectivity index (χ1v) is 7.06. The van der Waals surface area contributed by atoms with Gasteiger partial charge in [0.1, 0.15) is 0 Å². The number of alkyl halides is 3. The van der Waals surface area contributed by atoms with E-state index in [1.165, 1.54) is 0 Å². The van der Waals surface area contributed by atoms with Crippen molar-refractivity contribution in [1.29, 1.82) is 0 Å². The Labute approximate surface area is 121 Å². The Hall–Kier alpha value is -1.72. The summed E-state index contributed by atoms with van der Waals surface area (Å²) in [5.41, 5.74) is 0.409. The summed E-state index contributed by atoms with van der Waals surface area (Å²) < 4.78 is 44.0. The Kier molecular flexibility index (Phi) is 5.09. The molecule has 1 aliphatic carbocycles. The molecule has 0 heterocycles. The van der Waals surface area contributed by atoms with Crippen molar-refractivity contribution in [3.05, 3.63) is 30.3 Å². The zero-order valence-electron chi connectivity index (χ0n) is 11.5. The average Bonchev–Trinajstić information content (AvgIpc) is 2.45. The van der Waals surface area contributed by atoms with Crippen LogP contribution in [0.4, 0.5) is 23.7 Å². The molecule has 0 radical (unpaired) electrons. The van der Waals surface area contributed by atoms with Crippen molar-refractivity contribution in [2.45, 2.75) is 44.4 Å². The molecule has 1 fully saturated rings. The number of amides is 1. The first-order valence-electron chi connectivity index (χ1n) is 7.06. The third kappa shape index (κ3) is 4.65. The van der Waals surface area contributed by atoms with Crippen LogP contribution in [0.1, 0.15) is 32.1 Å². The third-order valence-electron chi connectivity index (χ3n) is 3.65. The Morgan fingerprint density at radius 3 is 2.33 bits per heavy atom. The van der Waals surface area contributed by atoms with E-state index in [1.54, 1.807) is 30.3 Å². The summed E-state index contributed by atoms with van der Waals surface area (Å²) in [6.45, 7) is 0. The molecular formula is C15H18F3NO2. The van der Waals surface area contributed by atoms with Gasteiger partial charge in [-0.1, -0.05) is 37.5 Å². The number of hydrogen-bond acceptors (Lipinski definition) is 2. The van der Waals surface area contributed by atoms with Crippen LogP contribution in [0.15, 0.2) is 30.3 Å². The van der Waals surface area contributed by atoms with Crippen LogP contribution in [0.2, 0.25) is 0 Å². The summed E-state index contributed by atoms with van der Waals surface area (Å²) >= 11 is 0. The Bertz CT molecular complexity index is 456. The van der Waals surface area contributed by atoms with Gasteiger partial charge in [-0.05, 0) is 25.0 Å². The Morgan fingerprint density at radius 1 is 1.14 bits per heavy atom. The summed E-state index contributed by atoms with van der Waals surface area (Å²) in [6.07, 6.45) is -4.28. The maximum Gasteiger partial charge on any atom is 0.425 e. The van der Waals surface area contributed by atoms with E-state index in [0.717, 1.165) is 19.3 Å². The number of carbonyl (C=O) groups excluding carboxylic acids is 1. The fourth-order valence-corrected chi connectivity index (χ4v) is 2.65. The smallest absolute Gasteiger partial charge is 0.425 e. The minimum absolute atomic E-state index is 0.409. The van der Waals surface area contributed by atoms with Crippen LogP contribution in [-0.2, 0) is 4.74 Å². The van der Waals surface area contributed by atoms with Crippen molar-refractivity contribution in [2.24, 2.45) is 5.92 Å². The molecule has 1 N–H and O–H groups in total. The predicted octanol–water partition coefficient (Wildman–Crippen LogP) is 4.75.